The molecule has 98 valence electrons. The van der Waals surface area contributed by atoms with E-state index in [1.54, 1.807) is 0 Å². The molecule has 19 heavy (non-hydrogen) atoms. The van der Waals surface area contributed by atoms with Gasteiger partial charge in [-0.3, -0.25) is 4.79 Å². The van der Waals surface area contributed by atoms with Gasteiger partial charge in [0.05, 0.1) is 5.69 Å². The molecule has 0 unspecified atom stereocenters. The molecule has 0 aliphatic heterocycles. The molecule has 1 aromatic carbocycles. The standard InChI is InChI=1S/C12H8ClF2N3O/c13-9-5-6(3-4-17-9)18-12(19)10-7(14)1-2-8(16)11(10)15/h1-5H,16H2,(H,17,18,19). The maximum atomic E-state index is 13.6. The maximum absolute atomic E-state index is 13.6. The van der Waals surface area contributed by atoms with Crippen LogP contribution >= 0.6 is 11.6 Å². The lowest BCUT2D eigenvalue weighted by Gasteiger charge is -2.08. The van der Waals surface area contributed by atoms with Gasteiger partial charge in [-0.05, 0) is 24.3 Å². The minimum atomic E-state index is -1.10. The molecule has 0 fully saturated rings. The minimum absolute atomic E-state index is 0.145. The number of carbonyl (C=O) groups is 1. The van der Waals surface area contributed by atoms with Gasteiger partial charge >= 0.3 is 0 Å². The second-order valence-corrected chi connectivity index (χ2v) is 4.03. The fourth-order valence-corrected chi connectivity index (χ4v) is 1.62. The number of carbonyl (C=O) groups excluding carboxylic acids is 1. The number of amides is 1. The molecule has 0 radical (unpaired) electrons. The SMILES string of the molecule is Nc1ccc(F)c(C(=O)Nc2ccnc(Cl)c2)c1F. The highest BCUT2D eigenvalue weighted by atomic mass is 35.5. The van der Waals surface area contributed by atoms with E-state index >= 15 is 0 Å². The number of halogens is 3. The van der Waals surface area contributed by atoms with E-state index in [1.807, 2.05) is 0 Å². The molecular weight excluding hydrogens is 276 g/mol. The van der Waals surface area contributed by atoms with Gasteiger partial charge in [-0.25, -0.2) is 13.8 Å². The molecule has 1 heterocycles. The first-order valence-electron chi connectivity index (χ1n) is 5.15. The van der Waals surface area contributed by atoms with Crippen molar-refractivity contribution in [3.8, 4) is 0 Å². The van der Waals surface area contributed by atoms with Crippen molar-refractivity contribution in [3.05, 3.63) is 52.8 Å². The van der Waals surface area contributed by atoms with Crippen molar-refractivity contribution >= 4 is 28.9 Å². The third kappa shape index (κ3) is 2.79. The summed E-state index contributed by atoms with van der Waals surface area (Å²) in [7, 11) is 0. The molecule has 2 aromatic rings. The van der Waals surface area contributed by atoms with Gasteiger partial charge in [-0.2, -0.15) is 0 Å². The smallest absolute Gasteiger partial charge is 0.261 e. The van der Waals surface area contributed by atoms with E-state index in [9.17, 15) is 13.6 Å². The van der Waals surface area contributed by atoms with E-state index in [1.165, 1.54) is 18.3 Å². The van der Waals surface area contributed by atoms with Crippen LogP contribution in [0.15, 0.2) is 30.5 Å². The Morgan fingerprint density at radius 2 is 2.05 bits per heavy atom. The average Bonchev–Trinajstić information content (AvgIpc) is 2.34. The molecule has 7 heteroatoms. The number of nitrogens with one attached hydrogen (secondary N) is 1. The zero-order valence-corrected chi connectivity index (χ0v) is 10.2. The molecule has 0 atom stereocenters. The summed E-state index contributed by atoms with van der Waals surface area (Å²) in [5.74, 6) is -3.05. The normalized spacial score (nSPS) is 10.3. The van der Waals surface area contributed by atoms with Gasteiger partial charge in [-0.15, -0.1) is 0 Å². The van der Waals surface area contributed by atoms with Crippen LogP contribution in [0.5, 0.6) is 0 Å². The van der Waals surface area contributed by atoms with Crippen LogP contribution in [-0.2, 0) is 0 Å². The summed E-state index contributed by atoms with van der Waals surface area (Å²) >= 11 is 5.63. The van der Waals surface area contributed by atoms with E-state index < -0.39 is 23.1 Å². The molecule has 0 aliphatic carbocycles. The molecular formula is C12H8ClF2N3O. The molecule has 4 nitrogen and oxygen atoms in total. The van der Waals surface area contributed by atoms with Crippen molar-refractivity contribution < 1.29 is 13.6 Å². The zero-order chi connectivity index (χ0) is 14.0. The zero-order valence-electron chi connectivity index (χ0n) is 9.45. The number of hydrogen-bond acceptors (Lipinski definition) is 3. The highest BCUT2D eigenvalue weighted by Gasteiger charge is 2.19. The lowest BCUT2D eigenvalue weighted by atomic mass is 10.1. The number of benzene rings is 1. The predicted octanol–water partition coefficient (Wildman–Crippen LogP) is 2.85. The van der Waals surface area contributed by atoms with E-state index in [0.717, 1.165) is 12.1 Å². The summed E-state index contributed by atoms with van der Waals surface area (Å²) in [4.78, 5) is 15.5. The van der Waals surface area contributed by atoms with Crippen LogP contribution in [0, 0.1) is 11.6 Å². The Kier molecular flexibility index (Phi) is 3.62. The number of aromatic nitrogens is 1. The number of rotatable bonds is 2. The Bertz CT molecular complexity index is 649. The van der Waals surface area contributed by atoms with E-state index in [4.69, 9.17) is 17.3 Å². The van der Waals surface area contributed by atoms with Crippen LogP contribution in [-0.4, -0.2) is 10.9 Å². The number of nitrogen functional groups attached to an aromatic ring is 1. The van der Waals surface area contributed by atoms with E-state index in [2.05, 4.69) is 10.3 Å². The number of hydrogen-bond donors (Lipinski definition) is 2. The highest BCUT2D eigenvalue weighted by molar-refractivity contribution is 6.29. The third-order valence-corrected chi connectivity index (χ3v) is 2.54. The molecule has 0 saturated heterocycles. The Morgan fingerprint density at radius 1 is 1.32 bits per heavy atom. The fraction of sp³-hybridized carbons (Fsp3) is 0. The van der Waals surface area contributed by atoms with Crippen LogP contribution in [0.2, 0.25) is 5.15 Å². The second kappa shape index (κ2) is 5.19. The number of pyridine rings is 1. The van der Waals surface area contributed by atoms with Crippen LogP contribution < -0.4 is 11.1 Å². The molecule has 0 spiro atoms. The molecule has 1 aromatic heterocycles. The van der Waals surface area contributed by atoms with E-state index in [-0.39, 0.29) is 16.5 Å². The monoisotopic (exact) mass is 283 g/mol. The molecule has 0 saturated carbocycles. The van der Waals surface area contributed by atoms with Crippen molar-refractivity contribution in [2.75, 3.05) is 11.1 Å². The number of nitrogens with two attached hydrogens (primary N) is 1. The highest BCUT2D eigenvalue weighted by Crippen LogP contribution is 2.20. The van der Waals surface area contributed by atoms with Gasteiger partial charge < -0.3 is 11.1 Å². The molecule has 1 amide bonds. The summed E-state index contributed by atoms with van der Waals surface area (Å²) < 4.78 is 27.1. The van der Waals surface area contributed by atoms with Gasteiger partial charge in [0.25, 0.3) is 5.91 Å². The predicted molar refractivity (Wildman–Crippen MR) is 68.0 cm³/mol. The molecule has 0 bridgehead atoms. The van der Waals surface area contributed by atoms with Crippen molar-refractivity contribution in [2.45, 2.75) is 0 Å². The Hall–Kier alpha value is -2.21. The van der Waals surface area contributed by atoms with Gasteiger partial charge in [0.1, 0.15) is 16.5 Å². The van der Waals surface area contributed by atoms with Crippen LogP contribution in [0.4, 0.5) is 20.2 Å². The quantitative estimate of drug-likeness (QED) is 0.658. The largest absolute Gasteiger partial charge is 0.396 e. The summed E-state index contributed by atoms with van der Waals surface area (Å²) in [6, 6.07) is 4.76. The first-order valence-corrected chi connectivity index (χ1v) is 5.53. The maximum Gasteiger partial charge on any atom is 0.261 e. The summed E-state index contributed by atoms with van der Waals surface area (Å²) in [6.07, 6.45) is 1.35. The van der Waals surface area contributed by atoms with Gasteiger partial charge in [0, 0.05) is 11.9 Å². The number of nitrogens with zero attached hydrogens (tertiary/aromatic N) is 1. The lowest BCUT2D eigenvalue weighted by Crippen LogP contribution is -2.16. The second-order valence-electron chi connectivity index (χ2n) is 3.65. The summed E-state index contributed by atoms with van der Waals surface area (Å²) in [5, 5.41) is 2.45. The first kappa shape index (κ1) is 13.2. The number of anilines is 2. The summed E-state index contributed by atoms with van der Waals surface area (Å²) in [5.41, 5.74) is 4.51. The Balaban J connectivity index is 2.33. The minimum Gasteiger partial charge on any atom is -0.396 e. The van der Waals surface area contributed by atoms with Crippen LogP contribution in [0.3, 0.4) is 0 Å². The van der Waals surface area contributed by atoms with Crippen molar-refractivity contribution in [1.82, 2.24) is 4.98 Å². The first-order chi connectivity index (χ1) is 8.99. The molecule has 3 N–H and O–H groups in total. The lowest BCUT2D eigenvalue weighted by molar-refractivity contribution is 0.101. The van der Waals surface area contributed by atoms with Crippen molar-refractivity contribution in [2.24, 2.45) is 0 Å². The third-order valence-electron chi connectivity index (χ3n) is 2.33. The van der Waals surface area contributed by atoms with Crippen molar-refractivity contribution in [1.29, 1.82) is 0 Å². The molecule has 0 aliphatic rings. The van der Waals surface area contributed by atoms with Gasteiger partial charge in [0.2, 0.25) is 0 Å². The van der Waals surface area contributed by atoms with Crippen LogP contribution in [0.1, 0.15) is 10.4 Å². The topological polar surface area (TPSA) is 68.0 Å². The van der Waals surface area contributed by atoms with Gasteiger partial charge in [0.15, 0.2) is 5.82 Å². The Labute approximate surface area is 112 Å². The Morgan fingerprint density at radius 3 is 2.74 bits per heavy atom. The van der Waals surface area contributed by atoms with E-state index in [0.29, 0.717) is 0 Å². The van der Waals surface area contributed by atoms with Crippen LogP contribution in [0.25, 0.3) is 0 Å². The van der Waals surface area contributed by atoms with Crippen molar-refractivity contribution in [3.63, 3.8) is 0 Å². The molecule has 2 rings (SSSR count). The summed E-state index contributed by atoms with van der Waals surface area (Å²) in [6.45, 7) is 0. The van der Waals surface area contributed by atoms with Gasteiger partial charge in [-0.1, -0.05) is 11.6 Å². The fourth-order valence-electron chi connectivity index (χ4n) is 1.45. The average molecular weight is 284 g/mol.